The number of ether oxygens (including phenoxy) is 1. The van der Waals surface area contributed by atoms with E-state index in [9.17, 15) is 13.6 Å². The van der Waals surface area contributed by atoms with Gasteiger partial charge in [0.25, 0.3) is 0 Å². The van der Waals surface area contributed by atoms with Crippen molar-refractivity contribution in [3.05, 3.63) is 29.3 Å². The number of hydrogen-bond donors (Lipinski definition) is 1. The van der Waals surface area contributed by atoms with E-state index in [-0.39, 0.29) is 17.3 Å². The zero-order chi connectivity index (χ0) is 14.3. The number of carbonyl (C=O) groups excluding carboxylic acids is 1. The summed E-state index contributed by atoms with van der Waals surface area (Å²) in [5, 5.41) is 3.10. The first-order valence-electron chi connectivity index (χ1n) is 6.93. The normalized spacial score (nSPS) is 27.6. The minimum Gasteiger partial charge on any atom is -0.465 e. The van der Waals surface area contributed by atoms with Crippen molar-refractivity contribution in [1.29, 1.82) is 0 Å². The molecule has 2 bridgehead atoms. The van der Waals surface area contributed by atoms with Crippen molar-refractivity contribution >= 4 is 11.7 Å². The van der Waals surface area contributed by atoms with Crippen molar-refractivity contribution in [3.8, 4) is 0 Å². The zero-order valence-electron chi connectivity index (χ0n) is 11.3. The maximum Gasteiger partial charge on any atom is 0.340 e. The van der Waals surface area contributed by atoms with E-state index < -0.39 is 17.6 Å². The average Bonchev–Trinajstić information content (AvgIpc) is 3.06. The lowest BCUT2D eigenvalue weighted by molar-refractivity contribution is 0.0594. The molecule has 1 N–H and O–H groups in total. The molecular weight excluding hydrogens is 264 g/mol. The third-order valence-electron chi connectivity index (χ3n) is 4.57. The monoisotopic (exact) mass is 281 g/mol. The van der Waals surface area contributed by atoms with Crippen LogP contribution in [0.15, 0.2) is 12.1 Å². The minimum atomic E-state index is -1.15. The van der Waals surface area contributed by atoms with Crippen molar-refractivity contribution in [2.75, 3.05) is 12.4 Å². The lowest BCUT2D eigenvalue weighted by Crippen LogP contribution is -2.26. The number of esters is 1. The Labute approximate surface area is 116 Å². The van der Waals surface area contributed by atoms with Crippen LogP contribution in [-0.4, -0.2) is 19.1 Å². The summed E-state index contributed by atoms with van der Waals surface area (Å²) in [5.41, 5.74) is -0.240. The highest BCUT2D eigenvalue weighted by molar-refractivity contribution is 5.90. The molecule has 1 aromatic carbocycles. The molecule has 2 fully saturated rings. The third-order valence-corrected chi connectivity index (χ3v) is 4.57. The first-order valence-corrected chi connectivity index (χ1v) is 6.93. The Morgan fingerprint density at radius 1 is 1.25 bits per heavy atom. The third kappa shape index (κ3) is 2.15. The van der Waals surface area contributed by atoms with Gasteiger partial charge in [-0.05, 0) is 43.2 Å². The van der Waals surface area contributed by atoms with E-state index in [1.54, 1.807) is 0 Å². The molecule has 3 unspecified atom stereocenters. The van der Waals surface area contributed by atoms with Crippen LogP contribution in [0.25, 0.3) is 0 Å². The molecular formula is C15H17F2NO2. The summed E-state index contributed by atoms with van der Waals surface area (Å²) in [5.74, 6) is -1.74. The van der Waals surface area contributed by atoms with E-state index in [1.807, 2.05) is 0 Å². The summed E-state index contributed by atoms with van der Waals surface area (Å²) in [4.78, 5) is 11.3. The van der Waals surface area contributed by atoms with E-state index in [0.29, 0.717) is 5.92 Å². The SMILES string of the molecule is COC(=O)c1ccc(NC2CC3CCC2C3)c(F)c1F. The van der Waals surface area contributed by atoms with Crippen LogP contribution in [0.4, 0.5) is 14.5 Å². The van der Waals surface area contributed by atoms with Crippen LogP contribution in [0.2, 0.25) is 0 Å². The molecule has 5 heteroatoms. The van der Waals surface area contributed by atoms with E-state index in [0.717, 1.165) is 25.9 Å². The molecule has 2 aliphatic carbocycles. The largest absolute Gasteiger partial charge is 0.465 e. The Kier molecular flexibility index (Phi) is 3.36. The van der Waals surface area contributed by atoms with E-state index in [4.69, 9.17) is 0 Å². The van der Waals surface area contributed by atoms with Gasteiger partial charge in [-0.3, -0.25) is 0 Å². The van der Waals surface area contributed by atoms with Gasteiger partial charge in [0.05, 0.1) is 18.4 Å². The average molecular weight is 281 g/mol. The zero-order valence-corrected chi connectivity index (χ0v) is 11.3. The fraction of sp³-hybridized carbons (Fsp3) is 0.533. The molecule has 0 aliphatic heterocycles. The second kappa shape index (κ2) is 5.04. The predicted molar refractivity (Wildman–Crippen MR) is 70.6 cm³/mol. The Balaban J connectivity index is 1.81. The smallest absolute Gasteiger partial charge is 0.340 e. The van der Waals surface area contributed by atoms with Crippen molar-refractivity contribution in [2.24, 2.45) is 11.8 Å². The number of rotatable bonds is 3. The molecule has 20 heavy (non-hydrogen) atoms. The van der Waals surface area contributed by atoms with Gasteiger partial charge in [-0.25, -0.2) is 13.6 Å². The first kappa shape index (κ1) is 13.3. The molecule has 0 saturated heterocycles. The van der Waals surface area contributed by atoms with E-state index in [1.165, 1.54) is 25.0 Å². The van der Waals surface area contributed by atoms with Crippen LogP contribution in [0.5, 0.6) is 0 Å². The lowest BCUT2D eigenvalue weighted by atomic mass is 9.95. The molecule has 3 nitrogen and oxygen atoms in total. The Morgan fingerprint density at radius 2 is 2.05 bits per heavy atom. The molecule has 2 saturated carbocycles. The van der Waals surface area contributed by atoms with Gasteiger partial charge in [0.2, 0.25) is 0 Å². The molecule has 0 heterocycles. The van der Waals surface area contributed by atoms with Crippen molar-refractivity contribution in [3.63, 3.8) is 0 Å². The van der Waals surface area contributed by atoms with Gasteiger partial charge in [-0.15, -0.1) is 0 Å². The number of benzene rings is 1. The standard InChI is InChI=1S/C15H17F2NO2/c1-20-15(19)10-4-5-11(14(17)13(10)16)18-12-7-8-2-3-9(12)6-8/h4-5,8-9,12,18H,2-3,6-7H2,1H3. The van der Waals surface area contributed by atoms with Gasteiger partial charge in [-0.2, -0.15) is 0 Å². The number of methoxy groups -OCH3 is 1. The van der Waals surface area contributed by atoms with Crippen molar-refractivity contribution < 1.29 is 18.3 Å². The van der Waals surface area contributed by atoms with Gasteiger partial charge in [-0.1, -0.05) is 6.42 Å². The molecule has 0 spiro atoms. The quantitative estimate of drug-likeness (QED) is 0.863. The maximum atomic E-state index is 14.0. The van der Waals surface area contributed by atoms with Crippen LogP contribution in [0, 0.1) is 23.5 Å². The fourth-order valence-corrected chi connectivity index (χ4v) is 3.55. The predicted octanol–water partition coefficient (Wildman–Crippen LogP) is 3.35. The molecule has 0 radical (unpaired) electrons. The molecule has 3 atom stereocenters. The van der Waals surface area contributed by atoms with Crippen LogP contribution in [0.1, 0.15) is 36.0 Å². The lowest BCUT2D eigenvalue weighted by Gasteiger charge is -2.24. The Bertz CT molecular complexity index is 547. The highest BCUT2D eigenvalue weighted by Crippen LogP contribution is 2.45. The highest BCUT2D eigenvalue weighted by Gasteiger charge is 2.39. The van der Waals surface area contributed by atoms with Crippen molar-refractivity contribution in [1.82, 2.24) is 0 Å². The van der Waals surface area contributed by atoms with Crippen LogP contribution >= 0.6 is 0 Å². The summed E-state index contributed by atoms with van der Waals surface area (Å²) in [7, 11) is 1.14. The molecule has 3 rings (SSSR count). The summed E-state index contributed by atoms with van der Waals surface area (Å²) < 4.78 is 32.3. The minimum absolute atomic E-state index is 0.132. The van der Waals surface area contributed by atoms with Crippen molar-refractivity contribution in [2.45, 2.75) is 31.7 Å². The number of halogens is 2. The number of nitrogens with one attached hydrogen (secondary N) is 1. The fourth-order valence-electron chi connectivity index (χ4n) is 3.55. The second-order valence-electron chi connectivity index (χ2n) is 5.71. The maximum absolute atomic E-state index is 14.0. The van der Waals surface area contributed by atoms with Gasteiger partial charge in [0.15, 0.2) is 11.6 Å². The van der Waals surface area contributed by atoms with Crippen LogP contribution in [0.3, 0.4) is 0 Å². The number of fused-ring (bicyclic) bond motifs is 2. The molecule has 2 aliphatic rings. The summed E-state index contributed by atoms with van der Waals surface area (Å²) in [6.07, 6.45) is 4.61. The molecule has 1 aromatic rings. The van der Waals surface area contributed by atoms with Gasteiger partial charge in [0.1, 0.15) is 0 Å². The first-order chi connectivity index (χ1) is 9.60. The van der Waals surface area contributed by atoms with Gasteiger partial charge >= 0.3 is 5.97 Å². The topological polar surface area (TPSA) is 38.3 Å². The van der Waals surface area contributed by atoms with Gasteiger partial charge < -0.3 is 10.1 Å². The summed E-state index contributed by atoms with van der Waals surface area (Å²) in [6.45, 7) is 0. The highest BCUT2D eigenvalue weighted by atomic mass is 19.2. The van der Waals surface area contributed by atoms with Crippen LogP contribution in [-0.2, 0) is 4.74 Å². The number of hydrogen-bond acceptors (Lipinski definition) is 3. The van der Waals surface area contributed by atoms with Crippen LogP contribution < -0.4 is 5.32 Å². The molecule has 108 valence electrons. The Morgan fingerprint density at radius 3 is 2.65 bits per heavy atom. The number of anilines is 1. The summed E-state index contributed by atoms with van der Waals surface area (Å²) in [6, 6.07) is 2.89. The summed E-state index contributed by atoms with van der Waals surface area (Å²) >= 11 is 0. The second-order valence-corrected chi connectivity index (χ2v) is 5.71. The van der Waals surface area contributed by atoms with E-state index in [2.05, 4.69) is 10.1 Å². The Hall–Kier alpha value is -1.65. The van der Waals surface area contributed by atoms with Gasteiger partial charge in [0, 0.05) is 6.04 Å². The molecule has 0 aromatic heterocycles. The molecule has 0 amide bonds. The van der Waals surface area contributed by atoms with E-state index >= 15 is 0 Å². The number of carbonyl (C=O) groups is 1.